The molecule has 1 aromatic carbocycles. The summed E-state index contributed by atoms with van der Waals surface area (Å²) >= 11 is 0. The highest BCUT2D eigenvalue weighted by molar-refractivity contribution is 6.74. The van der Waals surface area contributed by atoms with Crippen molar-refractivity contribution in [3.8, 4) is 0 Å². The zero-order chi connectivity index (χ0) is 31.5. The van der Waals surface area contributed by atoms with Crippen molar-refractivity contribution in [2.75, 3.05) is 25.1 Å². The van der Waals surface area contributed by atoms with Crippen molar-refractivity contribution in [2.24, 2.45) is 5.92 Å². The van der Waals surface area contributed by atoms with E-state index in [-0.39, 0.29) is 18.3 Å². The Hall–Kier alpha value is -2.43. The van der Waals surface area contributed by atoms with Gasteiger partial charge in [-0.2, -0.15) is 5.10 Å². The van der Waals surface area contributed by atoms with E-state index in [1.165, 1.54) is 0 Å². The molecule has 0 spiro atoms. The van der Waals surface area contributed by atoms with Crippen LogP contribution < -0.4 is 5.32 Å². The fourth-order valence-electron chi connectivity index (χ4n) is 4.93. The zero-order valence-electron chi connectivity index (χ0n) is 27.7. The molecule has 1 aliphatic rings. The number of nitrogens with zero attached hydrogens (tertiary/aromatic N) is 2. The van der Waals surface area contributed by atoms with Gasteiger partial charge in [0.2, 0.25) is 0 Å². The monoisotopic (exact) mass is 603 g/mol. The van der Waals surface area contributed by atoms with Gasteiger partial charge in [-0.05, 0) is 103 Å². The normalized spacial score (nSPS) is 18.6. The predicted octanol–water partition coefficient (Wildman–Crippen LogP) is 7.95. The second-order valence-corrected chi connectivity index (χ2v) is 19.4. The maximum atomic E-state index is 12.8. The van der Waals surface area contributed by atoms with E-state index in [1.807, 2.05) is 46.8 Å². The lowest BCUT2D eigenvalue weighted by molar-refractivity contribution is -0.154. The molecule has 2 aromatic rings. The summed E-state index contributed by atoms with van der Waals surface area (Å²) in [7, 11) is -1.75. The third-order valence-corrected chi connectivity index (χ3v) is 13.0. The molecule has 3 rings (SSSR count). The Balaban J connectivity index is 1.81. The molecule has 1 aromatic heterocycles. The van der Waals surface area contributed by atoms with E-state index in [4.69, 9.17) is 23.7 Å². The molecule has 0 radical (unpaired) electrons. The van der Waals surface area contributed by atoms with E-state index >= 15 is 0 Å². The zero-order valence-corrected chi connectivity index (χ0v) is 28.7. The third-order valence-electron chi connectivity index (χ3n) is 8.48. The number of fused-ring (bicyclic) bond motifs is 1. The largest absolute Gasteiger partial charge is 0.464 e. The number of benzene rings is 1. The van der Waals surface area contributed by atoms with Crippen LogP contribution in [0.2, 0.25) is 18.1 Å². The van der Waals surface area contributed by atoms with Gasteiger partial charge >= 0.3 is 12.1 Å². The average molecular weight is 604 g/mol. The van der Waals surface area contributed by atoms with Crippen LogP contribution in [0, 0.1) is 5.92 Å². The van der Waals surface area contributed by atoms with Crippen molar-refractivity contribution in [1.29, 1.82) is 0 Å². The summed E-state index contributed by atoms with van der Waals surface area (Å²) in [6, 6.07) is 4.15. The molecular weight excluding hydrogens is 550 g/mol. The molecule has 0 unspecified atom stereocenters. The fourth-order valence-corrected chi connectivity index (χ4v) is 6.02. The van der Waals surface area contributed by atoms with Gasteiger partial charge in [0.1, 0.15) is 12.2 Å². The first-order valence-electron chi connectivity index (χ1n) is 15.3. The molecule has 1 N–H and O–H groups in total. The molecule has 1 aliphatic carbocycles. The van der Waals surface area contributed by atoms with Crippen LogP contribution in [0.3, 0.4) is 0 Å². The van der Waals surface area contributed by atoms with Gasteiger partial charge in [0.15, 0.2) is 8.32 Å². The number of hydrogen-bond donors (Lipinski definition) is 1. The second-order valence-electron chi connectivity index (χ2n) is 14.5. The number of nitrogens with one attached hydrogen (secondary N) is 1. The molecule has 42 heavy (non-hydrogen) atoms. The van der Waals surface area contributed by atoms with Gasteiger partial charge in [-0.1, -0.05) is 20.8 Å². The van der Waals surface area contributed by atoms with Gasteiger partial charge in [0.25, 0.3) is 0 Å². The van der Waals surface area contributed by atoms with Crippen LogP contribution in [-0.2, 0) is 29.0 Å². The van der Waals surface area contributed by atoms with Gasteiger partial charge in [-0.25, -0.2) is 9.59 Å². The molecule has 0 aliphatic heterocycles. The second kappa shape index (κ2) is 13.1. The van der Waals surface area contributed by atoms with Crippen LogP contribution in [0.15, 0.2) is 18.3 Å². The molecule has 0 saturated heterocycles. The molecule has 1 amide bonds. The van der Waals surface area contributed by atoms with Crippen LogP contribution in [-0.4, -0.2) is 55.6 Å². The number of rotatable bonds is 10. The maximum Gasteiger partial charge on any atom is 0.412 e. The van der Waals surface area contributed by atoms with Gasteiger partial charge in [-0.3, -0.25) is 10.00 Å². The quantitative estimate of drug-likeness (QED) is 0.217. The summed E-state index contributed by atoms with van der Waals surface area (Å²) in [6.45, 7) is 23.3. The molecular formula is C32H53N3O6Si. The van der Waals surface area contributed by atoms with Gasteiger partial charge in [-0.15, -0.1) is 0 Å². The summed E-state index contributed by atoms with van der Waals surface area (Å²) in [6.07, 6.45) is 5.81. The first kappa shape index (κ1) is 34.1. The Bertz CT molecular complexity index is 1230. The van der Waals surface area contributed by atoms with Crippen LogP contribution in [0.5, 0.6) is 0 Å². The minimum absolute atomic E-state index is 0.207. The Morgan fingerprint density at radius 2 is 1.67 bits per heavy atom. The van der Waals surface area contributed by atoms with E-state index in [0.29, 0.717) is 23.2 Å². The lowest BCUT2D eigenvalue weighted by Gasteiger charge is -2.38. The number of amides is 1. The van der Waals surface area contributed by atoms with E-state index in [1.54, 1.807) is 6.92 Å². The lowest BCUT2D eigenvalue weighted by atomic mass is 9.87. The molecule has 236 valence electrons. The summed E-state index contributed by atoms with van der Waals surface area (Å²) in [4.78, 5) is 24.8. The number of ether oxygens (including phenoxy) is 3. The lowest BCUT2D eigenvalue weighted by Crippen LogP contribution is -2.42. The number of anilines is 1. The molecule has 1 heterocycles. The van der Waals surface area contributed by atoms with Crippen molar-refractivity contribution in [3.05, 3.63) is 23.9 Å². The SMILES string of the molecule is CCOC(=O)COC(C)(C)c1cc2nn(C3CCC(CO[Si](C)(C)C(C)(C)C)CC3)cc2cc1NC(=O)OC(C)(C)C. The van der Waals surface area contributed by atoms with E-state index in [0.717, 1.165) is 43.2 Å². The highest BCUT2D eigenvalue weighted by atomic mass is 28.4. The number of hydrogen-bond acceptors (Lipinski definition) is 7. The molecule has 1 fully saturated rings. The molecule has 0 bridgehead atoms. The first-order chi connectivity index (χ1) is 19.3. The van der Waals surface area contributed by atoms with E-state index < -0.39 is 31.6 Å². The fraction of sp³-hybridized carbons (Fsp3) is 0.719. The minimum Gasteiger partial charge on any atom is -0.464 e. The van der Waals surface area contributed by atoms with Gasteiger partial charge in [0, 0.05) is 23.8 Å². The Labute approximate surface area is 253 Å². The highest BCUT2D eigenvalue weighted by Gasteiger charge is 2.38. The van der Waals surface area contributed by atoms with Crippen molar-refractivity contribution in [1.82, 2.24) is 9.78 Å². The van der Waals surface area contributed by atoms with Gasteiger partial charge < -0.3 is 18.6 Å². The van der Waals surface area contributed by atoms with Crippen LogP contribution in [0.1, 0.15) is 99.6 Å². The van der Waals surface area contributed by atoms with Crippen LogP contribution >= 0.6 is 0 Å². The van der Waals surface area contributed by atoms with Crippen molar-refractivity contribution < 1.29 is 28.2 Å². The topological polar surface area (TPSA) is 101 Å². The van der Waals surface area contributed by atoms with Crippen LogP contribution in [0.4, 0.5) is 10.5 Å². The average Bonchev–Trinajstić information content (AvgIpc) is 3.27. The Kier molecular flexibility index (Phi) is 10.6. The van der Waals surface area contributed by atoms with Gasteiger partial charge in [0.05, 0.1) is 29.5 Å². The maximum absolute atomic E-state index is 12.8. The summed E-state index contributed by atoms with van der Waals surface area (Å²) in [5.41, 5.74) is 0.482. The summed E-state index contributed by atoms with van der Waals surface area (Å²) < 4.78 is 25.2. The van der Waals surface area contributed by atoms with E-state index in [2.05, 4.69) is 50.1 Å². The van der Waals surface area contributed by atoms with E-state index in [9.17, 15) is 9.59 Å². The third kappa shape index (κ3) is 9.03. The van der Waals surface area contributed by atoms with Crippen LogP contribution in [0.25, 0.3) is 10.9 Å². The smallest absolute Gasteiger partial charge is 0.412 e. The molecule has 10 heteroatoms. The summed E-state index contributed by atoms with van der Waals surface area (Å²) in [5, 5.41) is 8.99. The van der Waals surface area contributed by atoms with Crippen molar-refractivity contribution in [2.45, 2.75) is 123 Å². The van der Waals surface area contributed by atoms with Crippen molar-refractivity contribution >= 4 is 37.0 Å². The number of aromatic nitrogens is 2. The molecule has 1 saturated carbocycles. The standard InChI is InChI=1S/C32H53N3O6Si/c1-12-38-28(36)21-39-32(8,9)25-18-26-23(17-27(25)33-29(37)41-30(2,3)4)19-35(34-26)24-15-13-22(14-16-24)20-40-42(10,11)31(5,6)7/h17-19,22,24H,12-16,20-21H2,1-11H3,(H,33,37). The minimum atomic E-state index is -1.75. The number of carbonyl (C=O) groups excluding carboxylic acids is 2. The predicted molar refractivity (Wildman–Crippen MR) is 169 cm³/mol. The van der Waals surface area contributed by atoms with Crippen molar-refractivity contribution in [3.63, 3.8) is 0 Å². The first-order valence-corrected chi connectivity index (χ1v) is 18.2. The molecule has 9 nitrogen and oxygen atoms in total. The highest BCUT2D eigenvalue weighted by Crippen LogP contribution is 2.40. The Morgan fingerprint density at radius 3 is 2.24 bits per heavy atom. The molecule has 0 atom stereocenters. The Morgan fingerprint density at radius 1 is 1.02 bits per heavy atom. The number of esters is 1. The summed E-state index contributed by atoms with van der Waals surface area (Å²) in [5.74, 6) is 0.136. The number of carbonyl (C=O) groups is 2.